The molecule has 0 amide bonds. The molecule has 38 heavy (non-hydrogen) atoms. The molecular weight excluding hydrogens is 474 g/mol. The zero-order valence-corrected chi connectivity index (χ0v) is 24.8. The van der Waals surface area contributed by atoms with Crippen LogP contribution in [0.1, 0.15) is 100 Å². The number of carbonyl (C=O) groups excluding carboxylic acids is 3. The van der Waals surface area contributed by atoms with Gasteiger partial charge in [0.1, 0.15) is 6.07 Å². The zero-order valence-electron chi connectivity index (χ0n) is 24.8. The molecule has 0 aromatic carbocycles. The molecule has 3 fully saturated rings. The number of carbonyl (C=O) groups is 3. The van der Waals surface area contributed by atoms with Crippen molar-refractivity contribution in [2.45, 2.75) is 100 Å². The summed E-state index contributed by atoms with van der Waals surface area (Å²) < 4.78 is 5.42. The number of ketones is 2. The van der Waals surface area contributed by atoms with Crippen LogP contribution in [-0.2, 0) is 19.1 Å². The third-order valence-corrected chi connectivity index (χ3v) is 13.1. The number of esters is 1. The van der Waals surface area contributed by atoms with Gasteiger partial charge in [-0.1, -0.05) is 48.5 Å². The van der Waals surface area contributed by atoms with Crippen molar-refractivity contribution in [3.63, 3.8) is 0 Å². The Bertz CT molecular complexity index is 1250. The lowest BCUT2D eigenvalue weighted by Gasteiger charge is -2.69. The molecule has 2 unspecified atom stereocenters. The molecule has 0 heterocycles. The first-order valence-corrected chi connectivity index (χ1v) is 14.5. The van der Waals surface area contributed by atoms with Crippen molar-refractivity contribution in [2.24, 2.45) is 50.2 Å². The van der Waals surface area contributed by atoms with Crippen molar-refractivity contribution < 1.29 is 19.1 Å². The van der Waals surface area contributed by atoms with Crippen LogP contribution in [-0.4, -0.2) is 24.6 Å². The van der Waals surface area contributed by atoms with E-state index in [4.69, 9.17) is 4.74 Å². The Morgan fingerprint density at radius 2 is 1.63 bits per heavy atom. The van der Waals surface area contributed by atoms with Crippen LogP contribution in [0.25, 0.3) is 0 Å². The summed E-state index contributed by atoms with van der Waals surface area (Å²) in [6.07, 6.45) is 7.78. The molecule has 5 aliphatic carbocycles. The van der Waals surface area contributed by atoms with Crippen LogP contribution in [0.3, 0.4) is 0 Å². The van der Waals surface area contributed by atoms with E-state index in [0.717, 1.165) is 56.1 Å². The standard InChI is InChI=1S/C33H45NO4/c1-19-20(18-34)26(36)29(4,5)23-10-11-30(6)24(32(19,23)8)16-22(35)25-21-17-28(2,3)12-14-33(21,27(37)38-9)15-13-31(25,30)7/h16,21,23,25H,10-15,17H2,1-9H3/t21?,23-,25?,30+,31+,32-,33-/m0/s1. The van der Waals surface area contributed by atoms with Gasteiger partial charge in [0.05, 0.1) is 18.1 Å². The molecule has 5 aliphatic rings. The Balaban J connectivity index is 1.73. The molecule has 5 rings (SSSR count). The van der Waals surface area contributed by atoms with Crippen LogP contribution in [0.5, 0.6) is 0 Å². The number of hydrogen-bond donors (Lipinski definition) is 0. The first kappa shape index (κ1) is 27.4. The minimum atomic E-state index is -0.678. The summed E-state index contributed by atoms with van der Waals surface area (Å²) in [5.41, 5.74) is -0.170. The van der Waals surface area contributed by atoms with Crippen molar-refractivity contribution in [2.75, 3.05) is 7.11 Å². The quantitative estimate of drug-likeness (QED) is 0.357. The van der Waals surface area contributed by atoms with Crippen molar-refractivity contribution in [1.82, 2.24) is 0 Å². The van der Waals surface area contributed by atoms with Crippen LogP contribution >= 0.6 is 0 Å². The van der Waals surface area contributed by atoms with Gasteiger partial charge >= 0.3 is 5.97 Å². The molecule has 7 atom stereocenters. The number of allylic oxidation sites excluding steroid dienone is 4. The number of nitriles is 1. The fraction of sp³-hybridized carbons (Fsp3) is 0.758. The van der Waals surface area contributed by atoms with E-state index in [1.807, 2.05) is 26.8 Å². The highest BCUT2D eigenvalue weighted by Crippen LogP contribution is 2.75. The van der Waals surface area contributed by atoms with E-state index in [1.165, 1.54) is 7.11 Å². The summed E-state index contributed by atoms with van der Waals surface area (Å²) in [6, 6.07) is 2.24. The van der Waals surface area contributed by atoms with Gasteiger partial charge in [-0.2, -0.15) is 5.26 Å². The predicted molar refractivity (Wildman–Crippen MR) is 146 cm³/mol. The Kier molecular flexibility index (Phi) is 5.70. The van der Waals surface area contributed by atoms with Gasteiger partial charge in [0.25, 0.3) is 0 Å². The molecule has 3 saturated carbocycles. The molecule has 0 aromatic rings. The van der Waals surface area contributed by atoms with Crippen LogP contribution in [0.2, 0.25) is 0 Å². The van der Waals surface area contributed by atoms with E-state index in [-0.39, 0.29) is 57.1 Å². The molecule has 0 aromatic heterocycles. The van der Waals surface area contributed by atoms with Crippen LogP contribution < -0.4 is 0 Å². The second-order valence-electron chi connectivity index (χ2n) is 15.3. The Morgan fingerprint density at radius 1 is 1.00 bits per heavy atom. The number of nitrogens with zero attached hydrogens (tertiary/aromatic N) is 1. The topological polar surface area (TPSA) is 84.2 Å². The lowest BCUT2D eigenvalue weighted by atomic mass is 9.33. The molecule has 0 spiro atoms. The molecule has 0 saturated heterocycles. The van der Waals surface area contributed by atoms with Gasteiger partial charge in [-0.15, -0.1) is 0 Å². The minimum Gasteiger partial charge on any atom is -0.469 e. The van der Waals surface area contributed by atoms with Gasteiger partial charge in [-0.05, 0) is 97.2 Å². The van der Waals surface area contributed by atoms with E-state index >= 15 is 0 Å². The van der Waals surface area contributed by atoms with Gasteiger partial charge in [0.15, 0.2) is 11.6 Å². The normalized spacial score (nSPS) is 45.1. The number of Topliss-reactive ketones (excluding diaryl/α,β-unsaturated/α-hetero) is 1. The first-order chi connectivity index (χ1) is 17.5. The smallest absolute Gasteiger partial charge is 0.312 e. The summed E-state index contributed by atoms with van der Waals surface area (Å²) in [7, 11) is 1.49. The van der Waals surface area contributed by atoms with Gasteiger partial charge in [0.2, 0.25) is 0 Å². The predicted octanol–water partition coefficient (Wildman–Crippen LogP) is 6.77. The van der Waals surface area contributed by atoms with Crippen molar-refractivity contribution in [3.8, 4) is 6.07 Å². The van der Waals surface area contributed by atoms with Crippen molar-refractivity contribution >= 4 is 17.5 Å². The average molecular weight is 520 g/mol. The van der Waals surface area contributed by atoms with Gasteiger partial charge in [-0.3, -0.25) is 14.4 Å². The summed E-state index contributed by atoms with van der Waals surface area (Å²) in [6.45, 7) is 17.3. The lowest BCUT2D eigenvalue weighted by Crippen LogP contribution is -2.66. The number of fused-ring (bicyclic) bond motifs is 7. The second-order valence-corrected chi connectivity index (χ2v) is 15.3. The van der Waals surface area contributed by atoms with Crippen molar-refractivity contribution in [1.29, 1.82) is 5.26 Å². The maximum absolute atomic E-state index is 14.5. The van der Waals surface area contributed by atoms with Gasteiger partial charge < -0.3 is 4.74 Å². The number of hydrogen-bond acceptors (Lipinski definition) is 5. The highest BCUT2D eigenvalue weighted by molar-refractivity contribution is 6.05. The van der Waals surface area contributed by atoms with Crippen LogP contribution in [0, 0.1) is 61.6 Å². The lowest BCUT2D eigenvalue weighted by molar-refractivity contribution is -0.191. The van der Waals surface area contributed by atoms with E-state index in [9.17, 15) is 19.6 Å². The fourth-order valence-corrected chi connectivity index (χ4v) is 10.5. The van der Waals surface area contributed by atoms with Crippen LogP contribution in [0.15, 0.2) is 22.8 Å². The Hall–Kier alpha value is -2.22. The number of ether oxygens (including phenoxy) is 1. The summed E-state index contributed by atoms with van der Waals surface area (Å²) in [5.74, 6) is -0.367. The maximum Gasteiger partial charge on any atom is 0.312 e. The maximum atomic E-state index is 14.5. The third-order valence-electron chi connectivity index (χ3n) is 13.1. The second kappa shape index (κ2) is 7.92. The molecule has 5 nitrogen and oxygen atoms in total. The third kappa shape index (κ3) is 3.01. The van der Waals surface area contributed by atoms with E-state index in [0.29, 0.717) is 0 Å². The highest BCUT2D eigenvalue weighted by atomic mass is 16.5. The van der Waals surface area contributed by atoms with Crippen LogP contribution in [0.4, 0.5) is 0 Å². The highest BCUT2D eigenvalue weighted by Gasteiger charge is 2.71. The van der Waals surface area contributed by atoms with E-state index in [2.05, 4.69) is 40.7 Å². The van der Waals surface area contributed by atoms with Gasteiger partial charge in [0, 0.05) is 16.7 Å². The molecule has 5 heteroatoms. The monoisotopic (exact) mass is 519 g/mol. The number of methoxy groups -OCH3 is 1. The zero-order chi connectivity index (χ0) is 28.3. The number of rotatable bonds is 1. The first-order valence-electron chi connectivity index (χ1n) is 14.5. The minimum absolute atomic E-state index is 0.0261. The van der Waals surface area contributed by atoms with E-state index < -0.39 is 16.2 Å². The Labute approximate surface area is 228 Å². The Morgan fingerprint density at radius 3 is 2.24 bits per heavy atom. The summed E-state index contributed by atoms with van der Waals surface area (Å²) in [4.78, 5) is 41.3. The summed E-state index contributed by atoms with van der Waals surface area (Å²) in [5, 5.41) is 10.0. The summed E-state index contributed by atoms with van der Waals surface area (Å²) >= 11 is 0. The molecular formula is C33H45NO4. The molecule has 0 radical (unpaired) electrons. The van der Waals surface area contributed by atoms with Crippen molar-refractivity contribution in [3.05, 3.63) is 22.8 Å². The van der Waals surface area contributed by atoms with E-state index in [1.54, 1.807) is 0 Å². The molecule has 0 N–H and O–H groups in total. The van der Waals surface area contributed by atoms with Gasteiger partial charge in [-0.25, -0.2) is 0 Å². The molecule has 206 valence electrons. The molecule has 0 aliphatic heterocycles. The largest absolute Gasteiger partial charge is 0.469 e. The fourth-order valence-electron chi connectivity index (χ4n) is 10.5. The molecule has 0 bridgehead atoms. The average Bonchev–Trinajstić information content (AvgIpc) is 2.84. The SMILES string of the molecule is COC(=O)[C@]12CCC(C)(C)CC1C1C(=O)C=C3[C@@]4(C)C(C)=C(C#N)C(=O)C(C)(C)[C@@H]4CC[C@@]3(C)[C@]1(C)CC2.